The van der Waals surface area contributed by atoms with Crippen molar-refractivity contribution in [2.24, 2.45) is 10.7 Å². The van der Waals surface area contributed by atoms with Crippen LogP contribution in [0.2, 0.25) is 0 Å². The van der Waals surface area contributed by atoms with E-state index >= 15 is 0 Å². The van der Waals surface area contributed by atoms with E-state index in [-0.39, 0.29) is 6.10 Å². The zero-order valence-corrected chi connectivity index (χ0v) is 9.65. The van der Waals surface area contributed by atoms with E-state index in [0.717, 1.165) is 25.3 Å². The summed E-state index contributed by atoms with van der Waals surface area (Å²) >= 11 is 0. The molecular formula is C13H18N2O. The summed E-state index contributed by atoms with van der Waals surface area (Å²) in [7, 11) is 0. The Labute approximate surface area is 96.3 Å². The lowest BCUT2D eigenvalue weighted by molar-refractivity contribution is 0.222. The highest BCUT2D eigenvalue weighted by Gasteiger charge is 2.21. The van der Waals surface area contributed by atoms with Crippen molar-refractivity contribution >= 4 is 5.90 Å². The van der Waals surface area contributed by atoms with Crippen LogP contribution in [0.3, 0.4) is 0 Å². The van der Waals surface area contributed by atoms with Crippen LogP contribution < -0.4 is 5.73 Å². The number of hydrogen-bond donors (Lipinski definition) is 1. The third-order valence-corrected chi connectivity index (χ3v) is 2.84. The van der Waals surface area contributed by atoms with Crippen LogP contribution in [0.4, 0.5) is 0 Å². The Morgan fingerprint density at radius 2 is 2.25 bits per heavy atom. The molecule has 1 unspecified atom stereocenters. The molecule has 0 fully saturated rings. The summed E-state index contributed by atoms with van der Waals surface area (Å²) in [6.45, 7) is 3.54. The number of nitrogens with zero attached hydrogens (tertiary/aromatic N) is 1. The van der Waals surface area contributed by atoms with E-state index in [9.17, 15) is 0 Å². The summed E-state index contributed by atoms with van der Waals surface area (Å²) in [4.78, 5) is 4.41. The molecule has 1 aromatic rings. The van der Waals surface area contributed by atoms with Crippen LogP contribution in [0.5, 0.6) is 0 Å². The Bertz CT molecular complexity index is 387. The molecule has 0 aliphatic carbocycles. The average Bonchev–Trinajstić information content (AvgIpc) is 2.75. The van der Waals surface area contributed by atoms with Crippen molar-refractivity contribution in [3.8, 4) is 0 Å². The first-order valence-electron chi connectivity index (χ1n) is 5.77. The molecule has 0 radical (unpaired) electrons. The van der Waals surface area contributed by atoms with Gasteiger partial charge in [-0.1, -0.05) is 24.3 Å². The minimum absolute atomic E-state index is 0.106. The zero-order valence-electron chi connectivity index (χ0n) is 9.65. The molecule has 3 nitrogen and oxygen atoms in total. The van der Waals surface area contributed by atoms with Crippen LogP contribution >= 0.6 is 0 Å². The summed E-state index contributed by atoms with van der Waals surface area (Å²) in [5.41, 5.74) is 7.98. The van der Waals surface area contributed by atoms with Gasteiger partial charge in [-0.15, -0.1) is 0 Å². The molecule has 0 saturated carbocycles. The lowest BCUT2D eigenvalue weighted by Gasteiger charge is -2.13. The summed E-state index contributed by atoms with van der Waals surface area (Å²) in [6, 6.07) is 8.31. The van der Waals surface area contributed by atoms with E-state index in [1.54, 1.807) is 0 Å². The number of aryl methyl sites for hydroxylation is 1. The van der Waals surface area contributed by atoms with Gasteiger partial charge < -0.3 is 10.5 Å². The largest absolute Gasteiger partial charge is 0.471 e. The van der Waals surface area contributed by atoms with Crippen molar-refractivity contribution in [3.05, 3.63) is 35.4 Å². The summed E-state index contributed by atoms with van der Waals surface area (Å²) in [5, 5.41) is 0. The quantitative estimate of drug-likeness (QED) is 0.842. The standard InChI is InChI=1S/C13H18N2O/c1-10-5-2-3-6-11(10)12-9-15-13(16-12)7-4-8-14/h2-3,5-6,12H,4,7-9,14H2,1H3. The first-order valence-corrected chi connectivity index (χ1v) is 5.77. The summed E-state index contributed by atoms with van der Waals surface area (Å²) < 4.78 is 5.82. The van der Waals surface area contributed by atoms with Gasteiger partial charge in [0, 0.05) is 6.42 Å². The van der Waals surface area contributed by atoms with Crippen molar-refractivity contribution < 1.29 is 4.74 Å². The van der Waals surface area contributed by atoms with Gasteiger partial charge >= 0.3 is 0 Å². The Kier molecular flexibility index (Phi) is 3.57. The Balaban J connectivity index is 1.98. The highest BCUT2D eigenvalue weighted by Crippen LogP contribution is 2.26. The fraction of sp³-hybridized carbons (Fsp3) is 0.462. The molecule has 0 spiro atoms. The van der Waals surface area contributed by atoms with Gasteiger partial charge in [-0.3, -0.25) is 4.99 Å². The van der Waals surface area contributed by atoms with Gasteiger partial charge in [0.15, 0.2) is 5.90 Å². The smallest absolute Gasteiger partial charge is 0.184 e. The predicted molar refractivity (Wildman–Crippen MR) is 65.6 cm³/mol. The first kappa shape index (κ1) is 11.1. The van der Waals surface area contributed by atoms with Crippen molar-refractivity contribution in [2.45, 2.75) is 25.9 Å². The van der Waals surface area contributed by atoms with E-state index in [1.807, 2.05) is 12.1 Å². The molecule has 0 bridgehead atoms. The van der Waals surface area contributed by atoms with Crippen LogP contribution in [0, 0.1) is 6.92 Å². The van der Waals surface area contributed by atoms with E-state index in [2.05, 4.69) is 24.0 Å². The van der Waals surface area contributed by atoms with Crippen LogP contribution in [0.25, 0.3) is 0 Å². The fourth-order valence-electron chi connectivity index (χ4n) is 1.92. The van der Waals surface area contributed by atoms with E-state index in [4.69, 9.17) is 10.5 Å². The van der Waals surface area contributed by atoms with E-state index < -0.39 is 0 Å². The van der Waals surface area contributed by atoms with Crippen LogP contribution in [-0.2, 0) is 4.74 Å². The third-order valence-electron chi connectivity index (χ3n) is 2.84. The molecule has 1 aliphatic rings. The Hall–Kier alpha value is -1.35. The molecule has 2 N–H and O–H groups in total. The molecule has 1 heterocycles. The minimum atomic E-state index is 0.106. The maximum atomic E-state index is 5.82. The van der Waals surface area contributed by atoms with Gasteiger partial charge in [0.05, 0.1) is 6.54 Å². The average molecular weight is 218 g/mol. The summed E-state index contributed by atoms with van der Waals surface area (Å²) in [6.07, 6.45) is 1.91. The van der Waals surface area contributed by atoms with Crippen molar-refractivity contribution in [3.63, 3.8) is 0 Å². The monoisotopic (exact) mass is 218 g/mol. The zero-order chi connectivity index (χ0) is 11.4. The van der Waals surface area contributed by atoms with Crippen LogP contribution in [0.15, 0.2) is 29.3 Å². The second-order valence-corrected chi connectivity index (χ2v) is 4.09. The molecular weight excluding hydrogens is 200 g/mol. The number of rotatable bonds is 4. The Morgan fingerprint density at radius 1 is 1.44 bits per heavy atom. The molecule has 1 aliphatic heterocycles. The molecule has 1 atom stereocenters. The highest BCUT2D eigenvalue weighted by atomic mass is 16.5. The molecule has 16 heavy (non-hydrogen) atoms. The highest BCUT2D eigenvalue weighted by molar-refractivity contribution is 5.77. The number of aliphatic imine (C=N–C) groups is 1. The number of hydrogen-bond acceptors (Lipinski definition) is 3. The second kappa shape index (κ2) is 5.12. The lowest BCUT2D eigenvalue weighted by atomic mass is 10.0. The van der Waals surface area contributed by atoms with Gasteiger partial charge in [0.2, 0.25) is 0 Å². The fourth-order valence-corrected chi connectivity index (χ4v) is 1.92. The van der Waals surface area contributed by atoms with E-state index in [1.165, 1.54) is 11.1 Å². The molecule has 3 heteroatoms. The van der Waals surface area contributed by atoms with Gasteiger partial charge in [-0.2, -0.15) is 0 Å². The number of nitrogens with two attached hydrogens (primary N) is 1. The SMILES string of the molecule is Cc1ccccc1C1CN=C(CCCN)O1. The third kappa shape index (κ3) is 2.42. The van der Waals surface area contributed by atoms with Crippen molar-refractivity contribution in [2.75, 3.05) is 13.1 Å². The molecule has 2 rings (SSSR count). The van der Waals surface area contributed by atoms with Gasteiger partial charge in [-0.25, -0.2) is 0 Å². The molecule has 86 valence electrons. The maximum Gasteiger partial charge on any atom is 0.184 e. The maximum absolute atomic E-state index is 5.82. The van der Waals surface area contributed by atoms with Gasteiger partial charge in [0.25, 0.3) is 0 Å². The summed E-state index contributed by atoms with van der Waals surface area (Å²) in [5.74, 6) is 0.860. The van der Waals surface area contributed by atoms with Crippen molar-refractivity contribution in [1.29, 1.82) is 0 Å². The molecule has 0 aromatic heterocycles. The van der Waals surface area contributed by atoms with Crippen LogP contribution in [-0.4, -0.2) is 19.0 Å². The predicted octanol–water partition coefficient (Wildman–Crippen LogP) is 2.20. The first-order chi connectivity index (χ1) is 7.81. The molecule has 1 aromatic carbocycles. The normalized spacial score (nSPS) is 19.4. The molecule has 0 amide bonds. The van der Waals surface area contributed by atoms with Crippen LogP contribution in [0.1, 0.15) is 30.1 Å². The lowest BCUT2D eigenvalue weighted by Crippen LogP contribution is -2.08. The number of ether oxygens (including phenoxy) is 1. The van der Waals surface area contributed by atoms with Gasteiger partial charge in [0.1, 0.15) is 6.10 Å². The number of benzene rings is 1. The Morgan fingerprint density at radius 3 is 3.00 bits per heavy atom. The van der Waals surface area contributed by atoms with E-state index in [0.29, 0.717) is 6.54 Å². The second-order valence-electron chi connectivity index (χ2n) is 4.09. The molecule has 0 saturated heterocycles. The van der Waals surface area contributed by atoms with Gasteiger partial charge in [-0.05, 0) is 31.0 Å². The van der Waals surface area contributed by atoms with Crippen molar-refractivity contribution in [1.82, 2.24) is 0 Å². The minimum Gasteiger partial charge on any atom is -0.471 e. The topological polar surface area (TPSA) is 47.6 Å².